The topological polar surface area (TPSA) is 64.9 Å². The molecule has 0 unspecified atom stereocenters. The van der Waals surface area contributed by atoms with Crippen LogP contribution in [0, 0.1) is 0 Å². The molecule has 0 spiro atoms. The Balaban J connectivity index is 0.00000261. The minimum absolute atomic E-state index is 0. The molecule has 1 N–H and O–H groups in total. The molecule has 144 valence electrons. The van der Waals surface area contributed by atoms with Gasteiger partial charge in [-0.2, -0.15) is 4.68 Å². The number of hydrogen-bond donors (Lipinski definition) is 1. The van der Waals surface area contributed by atoms with Crippen molar-refractivity contribution in [1.82, 2.24) is 25.5 Å². The molecule has 0 aliphatic heterocycles. The maximum Gasteiger partial charge on any atom is 0.214 e. The van der Waals surface area contributed by atoms with Crippen LogP contribution in [0.1, 0.15) is 12.0 Å². The van der Waals surface area contributed by atoms with Crippen LogP contribution in [-0.2, 0) is 6.54 Å². The number of aromatic nitrogens is 4. The zero-order chi connectivity index (χ0) is 18.2. The van der Waals surface area contributed by atoms with Gasteiger partial charge in [-0.05, 0) is 53.7 Å². The number of benzene rings is 2. The lowest BCUT2D eigenvalue weighted by Gasteiger charge is -2.10. The second kappa shape index (κ2) is 11.1. The summed E-state index contributed by atoms with van der Waals surface area (Å²) >= 11 is 7.70. The molecular formula is C18H20Cl2N5OS-. The van der Waals surface area contributed by atoms with E-state index in [4.69, 9.17) is 16.3 Å². The minimum atomic E-state index is 0. The number of methoxy groups -OCH3 is 1. The Kier molecular flexibility index (Phi) is 8.87. The largest absolute Gasteiger partial charge is 1.00 e. The summed E-state index contributed by atoms with van der Waals surface area (Å²) in [5, 5.41) is 16.9. The van der Waals surface area contributed by atoms with Gasteiger partial charge in [0.2, 0.25) is 5.16 Å². The molecule has 0 fully saturated rings. The van der Waals surface area contributed by atoms with Gasteiger partial charge in [0.05, 0.1) is 12.8 Å². The van der Waals surface area contributed by atoms with Gasteiger partial charge in [-0.1, -0.05) is 41.6 Å². The number of tetrazole rings is 1. The third-order valence-electron chi connectivity index (χ3n) is 3.73. The Bertz CT molecular complexity index is 832. The Labute approximate surface area is 174 Å². The number of rotatable bonds is 9. The third kappa shape index (κ3) is 6.10. The molecule has 0 radical (unpaired) electrons. The molecular weight excluding hydrogens is 405 g/mol. The summed E-state index contributed by atoms with van der Waals surface area (Å²) < 4.78 is 7.11. The molecule has 9 heteroatoms. The van der Waals surface area contributed by atoms with Gasteiger partial charge in [0.15, 0.2) is 0 Å². The van der Waals surface area contributed by atoms with Gasteiger partial charge in [0.1, 0.15) is 5.75 Å². The van der Waals surface area contributed by atoms with Gasteiger partial charge in [-0.3, -0.25) is 0 Å². The molecule has 0 aliphatic carbocycles. The Morgan fingerprint density at radius 3 is 2.78 bits per heavy atom. The molecule has 6 nitrogen and oxygen atoms in total. The third-order valence-corrected chi connectivity index (χ3v) is 4.97. The van der Waals surface area contributed by atoms with Crippen molar-refractivity contribution in [3.05, 3.63) is 59.1 Å². The summed E-state index contributed by atoms with van der Waals surface area (Å²) in [6.45, 7) is 1.60. The fraction of sp³-hybridized carbons (Fsp3) is 0.278. The molecule has 0 amide bonds. The molecule has 0 atom stereocenters. The second-order valence-electron chi connectivity index (χ2n) is 5.54. The van der Waals surface area contributed by atoms with Crippen LogP contribution in [0.5, 0.6) is 5.75 Å². The number of thioether (sulfide) groups is 1. The average Bonchev–Trinajstić information content (AvgIpc) is 3.14. The highest BCUT2D eigenvalue weighted by Gasteiger charge is 2.08. The lowest BCUT2D eigenvalue weighted by atomic mass is 10.2. The van der Waals surface area contributed by atoms with Gasteiger partial charge in [-0.15, -0.1) is 5.10 Å². The van der Waals surface area contributed by atoms with Gasteiger partial charge < -0.3 is 22.5 Å². The van der Waals surface area contributed by atoms with Gasteiger partial charge in [-0.25, -0.2) is 0 Å². The smallest absolute Gasteiger partial charge is 0.214 e. The number of hydrogen-bond acceptors (Lipinski definition) is 6. The van der Waals surface area contributed by atoms with E-state index in [1.54, 1.807) is 23.6 Å². The fourth-order valence-electron chi connectivity index (χ4n) is 2.47. The molecule has 1 heterocycles. The lowest BCUT2D eigenvalue weighted by Crippen LogP contribution is -3.00. The molecule has 3 aromatic rings. The summed E-state index contributed by atoms with van der Waals surface area (Å²) in [5.41, 5.74) is 2.02. The molecule has 1 aromatic heterocycles. The molecule has 2 aromatic carbocycles. The van der Waals surface area contributed by atoms with E-state index < -0.39 is 0 Å². The second-order valence-corrected chi connectivity index (χ2v) is 7.04. The maximum absolute atomic E-state index is 6.05. The van der Waals surface area contributed by atoms with Gasteiger partial charge in [0.25, 0.3) is 0 Å². The van der Waals surface area contributed by atoms with Crippen LogP contribution in [0.3, 0.4) is 0 Å². The Morgan fingerprint density at radius 1 is 1.19 bits per heavy atom. The minimum Gasteiger partial charge on any atom is -1.00 e. The Hall–Kier alpha value is -1.80. The van der Waals surface area contributed by atoms with Crippen LogP contribution in [-0.4, -0.2) is 39.6 Å². The first-order valence-electron chi connectivity index (χ1n) is 8.27. The Morgan fingerprint density at radius 2 is 2.00 bits per heavy atom. The maximum atomic E-state index is 6.05. The van der Waals surface area contributed by atoms with Crippen molar-refractivity contribution in [2.45, 2.75) is 18.1 Å². The predicted molar refractivity (Wildman–Crippen MR) is 104 cm³/mol. The van der Waals surface area contributed by atoms with Crippen LogP contribution in [0.4, 0.5) is 0 Å². The quantitative estimate of drug-likeness (QED) is 0.400. The van der Waals surface area contributed by atoms with Crippen molar-refractivity contribution in [3.63, 3.8) is 0 Å². The molecule has 0 bridgehead atoms. The number of nitrogens with zero attached hydrogens (tertiary/aromatic N) is 4. The van der Waals surface area contributed by atoms with E-state index in [1.807, 2.05) is 48.5 Å². The average molecular weight is 425 g/mol. The standard InChI is InChI=1S/C18H20ClN5OS.ClH/c1-25-17-9-8-15(19)12-14(17)13-20-10-5-11-26-18-21-22-23-24(18)16-6-3-2-4-7-16;/h2-4,6-9,12,20H,5,10-11,13H2,1H3;1H/p-1. The summed E-state index contributed by atoms with van der Waals surface area (Å²) in [5.74, 6) is 1.77. The SMILES string of the molecule is COc1ccc(Cl)cc1CNCCCSc1nnnn1-c1ccccc1.[Cl-]. The fourth-order valence-corrected chi connectivity index (χ4v) is 3.49. The summed E-state index contributed by atoms with van der Waals surface area (Å²) in [6, 6.07) is 15.5. The monoisotopic (exact) mass is 424 g/mol. The van der Waals surface area contributed by atoms with E-state index in [1.165, 1.54) is 0 Å². The van der Waals surface area contributed by atoms with Crippen LogP contribution >= 0.6 is 23.4 Å². The molecule has 0 saturated carbocycles. The summed E-state index contributed by atoms with van der Waals surface area (Å²) in [7, 11) is 1.67. The number of halogens is 2. The predicted octanol–water partition coefficient (Wildman–Crippen LogP) is 0.600. The molecule has 0 aliphatic rings. The highest BCUT2D eigenvalue weighted by Crippen LogP contribution is 2.22. The van der Waals surface area contributed by atoms with Crippen LogP contribution in [0.2, 0.25) is 5.02 Å². The zero-order valence-electron chi connectivity index (χ0n) is 14.8. The van der Waals surface area contributed by atoms with E-state index in [0.717, 1.165) is 47.4 Å². The van der Waals surface area contributed by atoms with Gasteiger partial charge >= 0.3 is 0 Å². The van der Waals surface area contributed by atoms with Crippen molar-refractivity contribution in [1.29, 1.82) is 0 Å². The zero-order valence-corrected chi connectivity index (χ0v) is 17.1. The van der Waals surface area contributed by atoms with Crippen molar-refractivity contribution >= 4 is 23.4 Å². The lowest BCUT2D eigenvalue weighted by molar-refractivity contribution is -0.00000558. The molecule has 0 saturated heterocycles. The van der Waals surface area contributed by atoms with Crippen LogP contribution in [0.15, 0.2) is 53.7 Å². The van der Waals surface area contributed by atoms with Crippen LogP contribution in [0.25, 0.3) is 5.69 Å². The van der Waals surface area contributed by atoms with E-state index >= 15 is 0 Å². The van der Waals surface area contributed by atoms with E-state index in [9.17, 15) is 0 Å². The summed E-state index contributed by atoms with van der Waals surface area (Å²) in [6.07, 6.45) is 0.995. The van der Waals surface area contributed by atoms with E-state index in [0.29, 0.717) is 5.02 Å². The van der Waals surface area contributed by atoms with Crippen molar-refractivity contribution < 1.29 is 17.1 Å². The van der Waals surface area contributed by atoms with E-state index in [2.05, 4.69) is 20.8 Å². The van der Waals surface area contributed by atoms with Crippen LogP contribution < -0.4 is 22.5 Å². The number of para-hydroxylation sites is 1. The molecule has 27 heavy (non-hydrogen) atoms. The number of ether oxygens (including phenoxy) is 1. The number of nitrogens with one attached hydrogen (secondary N) is 1. The van der Waals surface area contributed by atoms with E-state index in [-0.39, 0.29) is 12.4 Å². The van der Waals surface area contributed by atoms with Gasteiger partial charge in [0, 0.05) is 22.9 Å². The highest BCUT2D eigenvalue weighted by molar-refractivity contribution is 7.99. The van der Waals surface area contributed by atoms with Crippen molar-refractivity contribution in [3.8, 4) is 11.4 Å². The highest BCUT2D eigenvalue weighted by atomic mass is 35.5. The normalized spacial score (nSPS) is 10.4. The molecule has 3 rings (SSSR count). The summed E-state index contributed by atoms with van der Waals surface area (Å²) in [4.78, 5) is 0. The first kappa shape index (κ1) is 21.5. The first-order chi connectivity index (χ1) is 12.8. The first-order valence-corrected chi connectivity index (χ1v) is 9.64. The van der Waals surface area contributed by atoms with Crippen molar-refractivity contribution in [2.24, 2.45) is 0 Å². The van der Waals surface area contributed by atoms with Crippen molar-refractivity contribution in [2.75, 3.05) is 19.4 Å².